The number of ether oxygens (including phenoxy) is 3. The van der Waals surface area contributed by atoms with E-state index >= 15 is 0 Å². The van der Waals surface area contributed by atoms with Crippen LogP contribution in [0.1, 0.15) is 355 Å². The second-order valence-corrected chi connectivity index (χ2v) is 31.8. The summed E-state index contributed by atoms with van der Waals surface area (Å²) in [5.74, 6) is -1.58. The van der Waals surface area contributed by atoms with Crippen molar-refractivity contribution in [3.63, 3.8) is 0 Å². The highest BCUT2D eigenvalue weighted by Crippen LogP contribution is 2.45. The molecule has 0 amide bonds. The molecule has 18 heteroatoms. The fourth-order valence-corrected chi connectivity index (χ4v) is 13.3. The molecule has 0 saturated heterocycles. The highest BCUT2D eigenvalue weighted by Gasteiger charge is 2.29. The molecule has 16 nitrogen and oxygen atoms in total. The lowest BCUT2D eigenvalue weighted by Gasteiger charge is -2.21. The smallest absolute Gasteiger partial charge is 0.463 e. The first kappa shape index (κ1) is 106. The van der Waals surface area contributed by atoms with Crippen LogP contribution < -0.4 is 0 Å². The van der Waals surface area contributed by atoms with Gasteiger partial charge in [-0.3, -0.25) is 32.5 Å². The molecule has 0 heterocycles. The quantitative estimate of drug-likeness (QED) is 0.0146. The zero-order valence-electron chi connectivity index (χ0n) is 69.8. The van der Waals surface area contributed by atoms with Crippen LogP contribution in [0.25, 0.3) is 0 Å². The van der Waals surface area contributed by atoms with Crippen molar-refractivity contribution < 1.29 is 75.8 Å². The third-order valence-corrected chi connectivity index (χ3v) is 20.1. The molecule has 0 aliphatic rings. The number of phosphoric ester groups is 2. The van der Waals surface area contributed by atoms with Gasteiger partial charge in [0.2, 0.25) is 0 Å². The van der Waals surface area contributed by atoms with Crippen molar-refractivity contribution in [1.29, 1.82) is 0 Å². The Labute approximate surface area is 676 Å². The lowest BCUT2D eigenvalue weighted by molar-refractivity contribution is -0.161. The molecule has 0 aliphatic heterocycles. The SMILES string of the molecule is CC/C=C\C/C=C\C/C=C\C/C=C\C/C=C\CCCCCCCCCCCCCCCCCC(=O)OCC(O)COP(=O)(O)OCC(O)COP(=O)(O)OCC(COC(=O)CCCCCCCCCCCCC/C=C\C/C=C\C/C=C\C/C=C\C/C=C\CC)OC(=O)CCCCCCCCC/C=C\C/C=C\C/C=C\CC. The number of rotatable bonds is 82. The average molecular weight is 1590 g/mol. The second-order valence-electron chi connectivity index (χ2n) is 28.9. The summed E-state index contributed by atoms with van der Waals surface area (Å²) in [5, 5.41) is 20.7. The van der Waals surface area contributed by atoms with Crippen LogP contribution in [0, 0.1) is 0 Å². The molecule has 0 fully saturated rings. The fraction of sp³-hybridized carbons (Fsp3) is 0.688. The summed E-state index contributed by atoms with van der Waals surface area (Å²) >= 11 is 0. The number of unbranched alkanes of at least 4 members (excludes halogenated alkanes) is 33. The van der Waals surface area contributed by atoms with E-state index in [1.165, 1.54) is 116 Å². The number of aliphatic hydroxyl groups is 2. The van der Waals surface area contributed by atoms with E-state index < -0.39 is 91.5 Å². The van der Waals surface area contributed by atoms with E-state index in [0.29, 0.717) is 19.3 Å². The van der Waals surface area contributed by atoms with Gasteiger partial charge in [-0.15, -0.1) is 0 Å². The van der Waals surface area contributed by atoms with Gasteiger partial charge in [0.05, 0.1) is 26.4 Å². The van der Waals surface area contributed by atoms with Gasteiger partial charge in [-0.05, 0) is 141 Å². The van der Waals surface area contributed by atoms with Crippen LogP contribution in [-0.2, 0) is 55.8 Å². The van der Waals surface area contributed by atoms with Gasteiger partial charge in [0.1, 0.15) is 25.4 Å². The Hall–Kier alpha value is -4.83. The van der Waals surface area contributed by atoms with Crippen molar-refractivity contribution in [2.24, 2.45) is 0 Å². The molecule has 0 aromatic rings. The standard InChI is InChI=1S/C93H158O16P2/c1-4-7-10-13-16-19-22-25-28-31-33-35-37-39-41-42-43-44-46-48-49-51-53-56-58-61-64-67-70-73-76-79-91(96)103-82-88(94)83-105-110(99,100)106-84-89(95)85-107-111(101,102)108-87-90(109-93(98)81-78-75-72-69-66-63-60-55-30-27-24-21-18-15-12-9-6-3)86-104-92(97)80-77-74-71-68-65-62-59-57-54-52-50-47-45-40-38-36-34-32-29-26-23-20-17-14-11-8-5-2/h7-12,16-21,25-30,33-36,39-41,45,88-90,94-95H,4-6,13-15,22-24,31-32,37-38,42-44,46-87H2,1-3H3,(H,99,100)(H,101,102)/b10-7-,11-8-,12-9-,19-16-,20-17-,21-18-,28-25-,29-26-,30-27-,35-33-,36-34-,41-39-,45-40-. The predicted octanol–water partition coefficient (Wildman–Crippen LogP) is 26.5. The van der Waals surface area contributed by atoms with Crippen molar-refractivity contribution >= 4 is 33.6 Å². The minimum Gasteiger partial charge on any atom is -0.463 e. The Morgan fingerprint density at radius 1 is 0.252 bits per heavy atom. The van der Waals surface area contributed by atoms with Crippen LogP contribution in [-0.4, -0.2) is 95.9 Å². The number of allylic oxidation sites excluding steroid dienone is 26. The summed E-state index contributed by atoms with van der Waals surface area (Å²) in [4.78, 5) is 58.9. The van der Waals surface area contributed by atoms with E-state index in [2.05, 4.69) is 179 Å². The zero-order chi connectivity index (χ0) is 80.8. The maximum atomic E-state index is 13.0. The average Bonchev–Trinajstić information content (AvgIpc) is 0.900. The van der Waals surface area contributed by atoms with Gasteiger partial charge in [-0.1, -0.05) is 352 Å². The predicted molar refractivity (Wildman–Crippen MR) is 463 cm³/mol. The topological polar surface area (TPSA) is 231 Å². The first-order valence-corrected chi connectivity index (χ1v) is 46.8. The Balaban J connectivity index is 4.53. The third kappa shape index (κ3) is 85.9. The molecule has 111 heavy (non-hydrogen) atoms. The molecule has 5 unspecified atom stereocenters. The summed E-state index contributed by atoms with van der Waals surface area (Å²) in [6.07, 6.45) is 107. The molecule has 0 radical (unpaired) electrons. The van der Waals surface area contributed by atoms with Crippen molar-refractivity contribution in [2.45, 2.75) is 373 Å². The molecule has 636 valence electrons. The number of carbonyl (C=O) groups excluding carboxylic acids is 3. The molecule has 4 N–H and O–H groups in total. The van der Waals surface area contributed by atoms with Gasteiger partial charge in [0, 0.05) is 19.3 Å². The molecule has 0 saturated carbocycles. The van der Waals surface area contributed by atoms with Gasteiger partial charge in [0.25, 0.3) is 0 Å². The van der Waals surface area contributed by atoms with Crippen molar-refractivity contribution in [3.8, 4) is 0 Å². The lowest BCUT2D eigenvalue weighted by atomic mass is 10.0. The summed E-state index contributed by atoms with van der Waals surface area (Å²) in [6.45, 7) is 2.36. The summed E-state index contributed by atoms with van der Waals surface area (Å²) in [5.41, 5.74) is 0. The fourth-order valence-electron chi connectivity index (χ4n) is 11.7. The van der Waals surface area contributed by atoms with Crippen molar-refractivity contribution in [2.75, 3.05) is 39.6 Å². The number of carbonyl (C=O) groups is 3. The van der Waals surface area contributed by atoms with Crippen LogP contribution in [0.5, 0.6) is 0 Å². The van der Waals surface area contributed by atoms with E-state index in [1.807, 2.05) is 0 Å². The van der Waals surface area contributed by atoms with E-state index in [9.17, 15) is 43.5 Å². The summed E-state index contributed by atoms with van der Waals surface area (Å²) < 4.78 is 61.4. The Bertz CT molecular complexity index is 2650. The lowest BCUT2D eigenvalue weighted by Crippen LogP contribution is -2.30. The third-order valence-electron chi connectivity index (χ3n) is 18.2. The van der Waals surface area contributed by atoms with E-state index in [-0.39, 0.29) is 19.3 Å². The van der Waals surface area contributed by atoms with E-state index in [1.54, 1.807) is 0 Å². The zero-order valence-corrected chi connectivity index (χ0v) is 71.6. The minimum absolute atomic E-state index is 0.0897. The van der Waals surface area contributed by atoms with Crippen LogP contribution in [0.2, 0.25) is 0 Å². The largest absolute Gasteiger partial charge is 0.472 e. The highest BCUT2D eigenvalue weighted by atomic mass is 31.2. The van der Waals surface area contributed by atoms with Crippen LogP contribution in [0.4, 0.5) is 0 Å². The van der Waals surface area contributed by atoms with Crippen molar-refractivity contribution in [3.05, 3.63) is 158 Å². The Kier molecular flexibility index (Phi) is 80.9. The van der Waals surface area contributed by atoms with Gasteiger partial charge < -0.3 is 34.2 Å². The molecular weight excluding hydrogens is 1430 g/mol. The Morgan fingerprint density at radius 2 is 0.450 bits per heavy atom. The van der Waals surface area contributed by atoms with Crippen molar-refractivity contribution in [1.82, 2.24) is 0 Å². The van der Waals surface area contributed by atoms with E-state index in [4.69, 9.17) is 32.3 Å². The summed E-state index contributed by atoms with van der Waals surface area (Å²) in [7, 11) is -9.81. The number of hydrogen-bond donors (Lipinski definition) is 4. The number of hydrogen-bond acceptors (Lipinski definition) is 14. The van der Waals surface area contributed by atoms with Crippen LogP contribution >= 0.6 is 15.6 Å². The monoisotopic (exact) mass is 1590 g/mol. The highest BCUT2D eigenvalue weighted by molar-refractivity contribution is 7.47. The Morgan fingerprint density at radius 3 is 0.712 bits per heavy atom. The van der Waals surface area contributed by atoms with Gasteiger partial charge in [0.15, 0.2) is 6.10 Å². The molecule has 0 aromatic heterocycles. The summed E-state index contributed by atoms with van der Waals surface area (Å²) in [6, 6.07) is 0. The molecule has 0 rings (SSSR count). The molecule has 0 spiro atoms. The maximum absolute atomic E-state index is 13.0. The van der Waals surface area contributed by atoms with Gasteiger partial charge in [-0.2, -0.15) is 0 Å². The minimum atomic E-state index is -4.94. The number of esters is 3. The van der Waals surface area contributed by atoms with Crippen LogP contribution in [0.3, 0.4) is 0 Å². The van der Waals surface area contributed by atoms with E-state index in [0.717, 1.165) is 180 Å². The van der Waals surface area contributed by atoms with Crippen LogP contribution in [0.15, 0.2) is 158 Å². The molecule has 5 atom stereocenters. The molecular formula is C93H158O16P2. The molecule has 0 aliphatic carbocycles. The molecule has 0 bridgehead atoms. The van der Waals surface area contributed by atoms with Gasteiger partial charge >= 0.3 is 33.6 Å². The second kappa shape index (κ2) is 84.6. The number of phosphoric acid groups is 2. The van der Waals surface area contributed by atoms with Gasteiger partial charge in [-0.25, -0.2) is 9.13 Å². The first-order chi connectivity index (χ1) is 54.2. The number of aliphatic hydroxyl groups excluding tert-OH is 2. The first-order valence-electron chi connectivity index (χ1n) is 43.8. The normalized spacial score (nSPS) is 14.6. The maximum Gasteiger partial charge on any atom is 0.472 e. The molecule has 0 aromatic carbocycles.